The van der Waals surface area contributed by atoms with Crippen molar-refractivity contribution in [3.8, 4) is 5.69 Å². The summed E-state index contributed by atoms with van der Waals surface area (Å²) >= 11 is 3.25. The lowest BCUT2D eigenvalue weighted by atomic mass is 10.1. The van der Waals surface area contributed by atoms with Gasteiger partial charge < -0.3 is 15.2 Å². The molecule has 1 aliphatic heterocycles. The Balaban J connectivity index is 1.81. The van der Waals surface area contributed by atoms with Crippen LogP contribution >= 0.6 is 15.9 Å². The Bertz CT molecular complexity index is 980. The summed E-state index contributed by atoms with van der Waals surface area (Å²) in [6.07, 6.45) is 0.0395. The number of pyridine rings is 1. The van der Waals surface area contributed by atoms with Gasteiger partial charge in [0.1, 0.15) is 11.9 Å². The van der Waals surface area contributed by atoms with Gasteiger partial charge in [0.05, 0.1) is 24.0 Å². The van der Waals surface area contributed by atoms with Gasteiger partial charge in [0, 0.05) is 36.3 Å². The maximum absolute atomic E-state index is 14.5. The first-order chi connectivity index (χ1) is 13.3. The Morgan fingerprint density at radius 1 is 1.32 bits per heavy atom. The fraction of sp³-hybridized carbons (Fsp3) is 0.278. The molecule has 3 rings (SSSR count). The van der Waals surface area contributed by atoms with Crippen LogP contribution in [-0.2, 0) is 9.53 Å². The van der Waals surface area contributed by atoms with Crippen LogP contribution in [-0.4, -0.2) is 52.4 Å². The molecule has 2 atom stereocenters. The highest BCUT2D eigenvalue weighted by atomic mass is 79.9. The lowest BCUT2D eigenvalue weighted by molar-refractivity contribution is -0.120. The molecule has 0 radical (unpaired) electrons. The second kappa shape index (κ2) is 8.11. The zero-order chi connectivity index (χ0) is 20.4. The van der Waals surface area contributed by atoms with E-state index in [2.05, 4.69) is 21.2 Å². The minimum atomic E-state index is -1.25. The number of carboxylic acid groups (broad SMARTS) is 1. The minimum Gasteiger partial charge on any atom is -0.465 e. The molecule has 28 heavy (non-hydrogen) atoms. The number of benzene rings is 1. The van der Waals surface area contributed by atoms with E-state index in [-0.39, 0.29) is 29.9 Å². The highest BCUT2D eigenvalue weighted by Crippen LogP contribution is 2.24. The summed E-state index contributed by atoms with van der Waals surface area (Å²) in [5, 5.41) is 11.7. The molecule has 1 saturated heterocycles. The zero-order valence-corrected chi connectivity index (χ0v) is 16.3. The lowest BCUT2D eigenvalue weighted by Crippen LogP contribution is -2.42. The largest absolute Gasteiger partial charge is 0.465 e. The van der Waals surface area contributed by atoms with Crippen molar-refractivity contribution >= 4 is 33.6 Å². The van der Waals surface area contributed by atoms with E-state index in [1.165, 1.54) is 36.1 Å². The molecule has 2 heterocycles. The molecule has 1 aliphatic rings. The van der Waals surface area contributed by atoms with Crippen LogP contribution in [0.3, 0.4) is 0 Å². The molecule has 148 valence electrons. The van der Waals surface area contributed by atoms with E-state index in [0.717, 1.165) is 11.0 Å². The van der Waals surface area contributed by atoms with Crippen LogP contribution in [0.4, 0.5) is 14.9 Å². The van der Waals surface area contributed by atoms with Crippen molar-refractivity contribution in [2.75, 3.05) is 19.0 Å². The van der Waals surface area contributed by atoms with Crippen LogP contribution < -0.4 is 10.9 Å². The van der Waals surface area contributed by atoms with E-state index < -0.39 is 30.0 Å². The van der Waals surface area contributed by atoms with Gasteiger partial charge in [-0.15, -0.1) is 0 Å². The van der Waals surface area contributed by atoms with Crippen LogP contribution in [0, 0.1) is 5.82 Å². The summed E-state index contributed by atoms with van der Waals surface area (Å²) in [6, 6.07) is 5.86. The summed E-state index contributed by atoms with van der Waals surface area (Å²) in [7, 11) is 1.44. The zero-order valence-electron chi connectivity index (χ0n) is 14.8. The Hall–Kier alpha value is -2.72. The summed E-state index contributed by atoms with van der Waals surface area (Å²) in [5.74, 6) is -1.39. The number of hydrogen-bond donors (Lipinski definition) is 2. The lowest BCUT2D eigenvalue weighted by Gasteiger charge is -2.20. The van der Waals surface area contributed by atoms with Crippen molar-refractivity contribution in [2.24, 2.45) is 0 Å². The molecule has 2 N–H and O–H groups in total. The predicted molar refractivity (Wildman–Crippen MR) is 102 cm³/mol. The van der Waals surface area contributed by atoms with Crippen LogP contribution in [0.5, 0.6) is 0 Å². The number of halogens is 2. The first-order valence-electron chi connectivity index (χ1n) is 8.31. The summed E-state index contributed by atoms with van der Waals surface area (Å²) in [4.78, 5) is 36.8. The average molecular weight is 454 g/mol. The fourth-order valence-corrected chi connectivity index (χ4v) is 3.40. The van der Waals surface area contributed by atoms with Gasteiger partial charge in [0.2, 0.25) is 5.91 Å². The third kappa shape index (κ3) is 4.07. The third-order valence-electron chi connectivity index (χ3n) is 4.51. The number of amides is 2. The molecule has 0 aliphatic carbocycles. The molecule has 0 spiro atoms. The Kier molecular flexibility index (Phi) is 5.80. The SMILES string of the molecule is CO[C@@H]1CC(C(=O)Nc2ccc(-n3cc(Br)ccc3=O)cc2F)N(C(=O)O)C1. The van der Waals surface area contributed by atoms with Crippen molar-refractivity contribution in [1.82, 2.24) is 9.47 Å². The van der Waals surface area contributed by atoms with Gasteiger partial charge in [0.15, 0.2) is 0 Å². The van der Waals surface area contributed by atoms with Gasteiger partial charge in [-0.05, 0) is 34.1 Å². The number of carbonyl (C=O) groups is 2. The monoisotopic (exact) mass is 453 g/mol. The number of aromatic nitrogens is 1. The summed E-state index contributed by atoms with van der Waals surface area (Å²) in [5.41, 5.74) is -0.162. The second-order valence-electron chi connectivity index (χ2n) is 6.25. The standard InChI is InChI=1S/C18H17BrFN3O5/c1-28-12-7-15(23(9-12)18(26)27)17(25)21-14-4-3-11(6-13(14)20)22-8-10(19)2-5-16(22)24/h2-6,8,12,15H,7,9H2,1H3,(H,21,25)(H,26,27)/t12-,15?/m1/s1. The number of nitrogens with zero attached hydrogens (tertiary/aromatic N) is 2. The number of hydrogen-bond acceptors (Lipinski definition) is 4. The molecule has 0 saturated carbocycles. The van der Waals surface area contributed by atoms with Gasteiger partial charge in [-0.25, -0.2) is 9.18 Å². The molecule has 1 unspecified atom stereocenters. The number of ether oxygens (including phenoxy) is 1. The van der Waals surface area contributed by atoms with E-state index in [1.807, 2.05) is 0 Å². The van der Waals surface area contributed by atoms with E-state index in [1.54, 1.807) is 6.07 Å². The van der Waals surface area contributed by atoms with Gasteiger partial charge >= 0.3 is 6.09 Å². The molecular formula is C18H17BrFN3O5. The molecule has 8 nitrogen and oxygen atoms in total. The van der Waals surface area contributed by atoms with Gasteiger partial charge in [0.25, 0.3) is 5.56 Å². The van der Waals surface area contributed by atoms with E-state index in [4.69, 9.17) is 4.74 Å². The molecule has 2 aromatic rings. The summed E-state index contributed by atoms with van der Waals surface area (Å²) < 4.78 is 21.6. The molecule has 2 amide bonds. The first-order valence-corrected chi connectivity index (χ1v) is 9.11. The van der Waals surface area contributed by atoms with Crippen molar-refractivity contribution < 1.29 is 23.8 Å². The fourth-order valence-electron chi connectivity index (χ4n) is 3.06. The molecule has 1 aromatic heterocycles. The van der Waals surface area contributed by atoms with Crippen LogP contribution in [0.15, 0.2) is 45.8 Å². The van der Waals surface area contributed by atoms with Crippen molar-refractivity contribution in [2.45, 2.75) is 18.6 Å². The van der Waals surface area contributed by atoms with Crippen LogP contribution in [0.2, 0.25) is 0 Å². The maximum Gasteiger partial charge on any atom is 0.408 e. The van der Waals surface area contributed by atoms with Gasteiger partial charge in [-0.3, -0.25) is 19.1 Å². The predicted octanol–water partition coefficient (Wildman–Crippen LogP) is 2.44. The Morgan fingerprint density at radius 2 is 2.07 bits per heavy atom. The van der Waals surface area contributed by atoms with E-state index in [9.17, 15) is 23.9 Å². The second-order valence-corrected chi connectivity index (χ2v) is 7.17. The highest BCUT2D eigenvalue weighted by molar-refractivity contribution is 9.10. The van der Waals surface area contributed by atoms with Crippen molar-refractivity contribution in [3.05, 3.63) is 57.2 Å². The van der Waals surface area contributed by atoms with Crippen molar-refractivity contribution in [3.63, 3.8) is 0 Å². The smallest absolute Gasteiger partial charge is 0.408 e. The minimum absolute atomic E-state index is 0.0666. The summed E-state index contributed by atoms with van der Waals surface area (Å²) in [6.45, 7) is 0.0666. The van der Waals surface area contributed by atoms with E-state index >= 15 is 0 Å². The van der Waals surface area contributed by atoms with Crippen LogP contribution in [0.1, 0.15) is 6.42 Å². The molecule has 10 heteroatoms. The van der Waals surface area contributed by atoms with Crippen LogP contribution in [0.25, 0.3) is 5.69 Å². The third-order valence-corrected chi connectivity index (χ3v) is 4.98. The van der Waals surface area contributed by atoms with Gasteiger partial charge in [-0.2, -0.15) is 0 Å². The number of nitrogens with one attached hydrogen (secondary N) is 1. The number of likely N-dealkylation sites (tertiary alicyclic amines) is 1. The average Bonchev–Trinajstić information content (AvgIpc) is 3.10. The number of anilines is 1. The number of carbonyl (C=O) groups excluding carboxylic acids is 1. The van der Waals surface area contributed by atoms with Gasteiger partial charge in [-0.1, -0.05) is 0 Å². The topological polar surface area (TPSA) is 101 Å². The Labute approximate surface area is 167 Å². The molecule has 1 aromatic carbocycles. The normalized spacial score (nSPS) is 18.9. The molecular weight excluding hydrogens is 437 g/mol. The first kappa shape index (κ1) is 20.0. The number of rotatable bonds is 4. The molecule has 1 fully saturated rings. The number of methoxy groups -OCH3 is 1. The van der Waals surface area contributed by atoms with Crippen molar-refractivity contribution in [1.29, 1.82) is 0 Å². The maximum atomic E-state index is 14.5. The quantitative estimate of drug-likeness (QED) is 0.740. The highest BCUT2D eigenvalue weighted by Gasteiger charge is 2.40. The molecule has 0 bridgehead atoms. The van der Waals surface area contributed by atoms with E-state index in [0.29, 0.717) is 4.47 Å². The Morgan fingerprint density at radius 3 is 2.71 bits per heavy atom.